The molecule has 0 aliphatic rings. The van der Waals surface area contributed by atoms with E-state index in [0.717, 1.165) is 0 Å². The Hall–Kier alpha value is 0.0400. The molecule has 0 saturated heterocycles. The van der Waals surface area contributed by atoms with Crippen molar-refractivity contribution in [2.24, 2.45) is 0 Å². The van der Waals surface area contributed by atoms with Crippen LogP contribution in [0.3, 0.4) is 0 Å². The monoisotopic (exact) mass is 224 g/mol. The maximum Gasteiger partial charge on any atom is 0.345 e. The van der Waals surface area contributed by atoms with Crippen molar-refractivity contribution in [1.29, 1.82) is 0 Å². The van der Waals surface area contributed by atoms with E-state index in [0.29, 0.717) is 11.1 Å². The predicted octanol–water partition coefficient (Wildman–Crippen LogP) is 2.15. The fourth-order valence-electron chi connectivity index (χ4n) is 0.352. The highest BCUT2D eigenvalue weighted by Gasteiger charge is 2.04. The van der Waals surface area contributed by atoms with Gasteiger partial charge in [0.2, 0.25) is 0 Å². The number of ether oxygens (including phenoxy) is 1. The largest absolute Gasteiger partial charge is 0.462 e. The fraction of sp³-hybridized carbons (Fsp3) is 0.500. The Labute approximate surface area is 73.1 Å². The summed E-state index contributed by atoms with van der Waals surface area (Å²) in [5.74, 6) is -0.308. The minimum atomic E-state index is -0.308. The van der Waals surface area contributed by atoms with Gasteiger partial charge in [0, 0.05) is 0 Å². The van der Waals surface area contributed by atoms with Crippen LogP contribution < -0.4 is 0 Å². The third-order valence-electron chi connectivity index (χ3n) is 0.692. The average Bonchev–Trinajstić information content (AvgIpc) is 1.89. The summed E-state index contributed by atoms with van der Waals surface area (Å²) in [5, 5.41) is 1.69. The molecule has 0 aromatic heterocycles. The summed E-state index contributed by atoms with van der Waals surface area (Å²) in [4.78, 5) is 10.8. The molecule has 0 aliphatic heterocycles. The standard InChI is InChI=1S/C6H9BrO2S/c1-3-9-6(8)5(7)4-10-2/h4H,3H2,1-2H3/b5-4-. The number of thioether (sulfide) groups is 1. The lowest BCUT2D eigenvalue weighted by molar-refractivity contribution is -0.137. The van der Waals surface area contributed by atoms with Gasteiger partial charge in [0.1, 0.15) is 4.48 Å². The van der Waals surface area contributed by atoms with Gasteiger partial charge in [-0.2, -0.15) is 0 Å². The van der Waals surface area contributed by atoms with Crippen LogP contribution in [0.2, 0.25) is 0 Å². The van der Waals surface area contributed by atoms with Crippen LogP contribution in [-0.2, 0) is 9.53 Å². The first-order valence-corrected chi connectivity index (χ1v) is 4.86. The van der Waals surface area contributed by atoms with E-state index in [4.69, 9.17) is 0 Å². The van der Waals surface area contributed by atoms with E-state index in [9.17, 15) is 4.79 Å². The SMILES string of the molecule is CCOC(=O)/C(Br)=C/SC. The van der Waals surface area contributed by atoms with E-state index < -0.39 is 0 Å². The molecule has 58 valence electrons. The normalized spacial score (nSPS) is 11.3. The lowest BCUT2D eigenvalue weighted by Crippen LogP contribution is -2.02. The molecule has 0 aliphatic carbocycles. The summed E-state index contributed by atoms with van der Waals surface area (Å²) < 4.78 is 5.16. The second kappa shape index (κ2) is 5.80. The van der Waals surface area contributed by atoms with Gasteiger partial charge < -0.3 is 4.74 Å². The summed E-state index contributed by atoms with van der Waals surface area (Å²) in [7, 11) is 0. The molecule has 0 amide bonds. The number of halogens is 1. The smallest absolute Gasteiger partial charge is 0.345 e. The molecule has 0 heterocycles. The number of esters is 1. The quantitative estimate of drug-likeness (QED) is 0.543. The Kier molecular flexibility index (Phi) is 5.82. The van der Waals surface area contributed by atoms with Crippen molar-refractivity contribution in [3.05, 3.63) is 9.89 Å². The second-order valence-corrected chi connectivity index (χ2v) is 2.98. The van der Waals surface area contributed by atoms with Gasteiger partial charge in [0.25, 0.3) is 0 Å². The number of carbonyl (C=O) groups is 1. The van der Waals surface area contributed by atoms with Crippen LogP contribution in [0.1, 0.15) is 6.92 Å². The molecule has 4 heteroatoms. The number of hydrogen-bond donors (Lipinski definition) is 0. The Morgan fingerprint density at radius 2 is 2.40 bits per heavy atom. The van der Waals surface area contributed by atoms with Crippen LogP contribution >= 0.6 is 27.7 Å². The average molecular weight is 225 g/mol. The number of carbonyl (C=O) groups excluding carboxylic acids is 1. The van der Waals surface area contributed by atoms with E-state index in [1.54, 1.807) is 12.3 Å². The highest BCUT2D eigenvalue weighted by Crippen LogP contribution is 2.11. The van der Waals surface area contributed by atoms with E-state index in [-0.39, 0.29) is 5.97 Å². The molecule has 0 rings (SSSR count). The second-order valence-electron chi connectivity index (χ2n) is 1.42. The van der Waals surface area contributed by atoms with Crippen LogP contribution in [0.5, 0.6) is 0 Å². The summed E-state index contributed by atoms with van der Waals surface area (Å²) in [6.07, 6.45) is 1.88. The zero-order valence-corrected chi connectivity index (χ0v) is 8.29. The summed E-state index contributed by atoms with van der Waals surface area (Å²) >= 11 is 4.52. The molecule has 0 bridgehead atoms. The third kappa shape index (κ3) is 3.95. The lowest BCUT2D eigenvalue weighted by Gasteiger charge is -1.97. The van der Waals surface area contributed by atoms with Gasteiger partial charge in [-0.25, -0.2) is 4.79 Å². The van der Waals surface area contributed by atoms with Crippen molar-refractivity contribution in [1.82, 2.24) is 0 Å². The van der Waals surface area contributed by atoms with Crippen molar-refractivity contribution in [3.8, 4) is 0 Å². The Bertz CT molecular complexity index is 145. The zero-order valence-electron chi connectivity index (χ0n) is 5.89. The molecule has 10 heavy (non-hydrogen) atoms. The topological polar surface area (TPSA) is 26.3 Å². The van der Waals surface area contributed by atoms with Crippen LogP contribution in [0.15, 0.2) is 9.89 Å². The summed E-state index contributed by atoms with van der Waals surface area (Å²) in [5.41, 5.74) is 0. The summed E-state index contributed by atoms with van der Waals surface area (Å²) in [6, 6.07) is 0. The first-order chi connectivity index (χ1) is 4.72. The van der Waals surface area contributed by atoms with Crippen molar-refractivity contribution in [3.63, 3.8) is 0 Å². The molecular weight excluding hydrogens is 216 g/mol. The third-order valence-corrected chi connectivity index (χ3v) is 2.02. The Balaban J connectivity index is 3.82. The number of hydrogen-bond acceptors (Lipinski definition) is 3. The highest BCUT2D eigenvalue weighted by atomic mass is 79.9. The molecule has 0 aromatic rings. The molecule has 0 fully saturated rings. The van der Waals surface area contributed by atoms with Gasteiger partial charge in [0.05, 0.1) is 6.61 Å². The summed E-state index contributed by atoms with van der Waals surface area (Å²) in [6.45, 7) is 2.19. The van der Waals surface area contributed by atoms with E-state index in [2.05, 4.69) is 20.7 Å². The van der Waals surface area contributed by atoms with Crippen LogP contribution in [0, 0.1) is 0 Å². The molecule has 0 unspecified atom stereocenters. The Morgan fingerprint density at radius 1 is 1.80 bits per heavy atom. The van der Waals surface area contributed by atoms with Crippen molar-refractivity contribution < 1.29 is 9.53 Å². The maximum absolute atomic E-state index is 10.8. The molecule has 0 radical (unpaired) electrons. The molecule has 0 spiro atoms. The predicted molar refractivity (Wildman–Crippen MR) is 47.2 cm³/mol. The molecule has 2 nitrogen and oxygen atoms in total. The van der Waals surface area contributed by atoms with Crippen molar-refractivity contribution >= 4 is 33.7 Å². The van der Waals surface area contributed by atoms with Gasteiger partial charge in [-0.15, -0.1) is 11.8 Å². The van der Waals surface area contributed by atoms with E-state index in [1.165, 1.54) is 11.8 Å². The van der Waals surface area contributed by atoms with E-state index in [1.807, 2.05) is 6.26 Å². The van der Waals surface area contributed by atoms with Crippen molar-refractivity contribution in [2.75, 3.05) is 12.9 Å². The van der Waals surface area contributed by atoms with Crippen LogP contribution in [-0.4, -0.2) is 18.8 Å². The van der Waals surface area contributed by atoms with Gasteiger partial charge in [-0.05, 0) is 34.5 Å². The van der Waals surface area contributed by atoms with Crippen LogP contribution in [0.25, 0.3) is 0 Å². The van der Waals surface area contributed by atoms with Gasteiger partial charge in [0.15, 0.2) is 0 Å². The van der Waals surface area contributed by atoms with Crippen LogP contribution in [0.4, 0.5) is 0 Å². The zero-order chi connectivity index (χ0) is 7.98. The molecule has 0 saturated carbocycles. The minimum absolute atomic E-state index is 0.308. The minimum Gasteiger partial charge on any atom is -0.462 e. The first-order valence-electron chi connectivity index (χ1n) is 2.78. The lowest BCUT2D eigenvalue weighted by atomic mass is 10.6. The fourth-order valence-corrected chi connectivity index (χ4v) is 1.33. The molecule has 0 N–H and O–H groups in total. The van der Waals surface area contributed by atoms with E-state index >= 15 is 0 Å². The van der Waals surface area contributed by atoms with Gasteiger partial charge in [-0.3, -0.25) is 0 Å². The number of rotatable bonds is 3. The van der Waals surface area contributed by atoms with Gasteiger partial charge >= 0.3 is 5.97 Å². The first kappa shape index (κ1) is 10.0. The van der Waals surface area contributed by atoms with Gasteiger partial charge in [-0.1, -0.05) is 0 Å². The van der Waals surface area contributed by atoms with Crippen molar-refractivity contribution in [2.45, 2.75) is 6.92 Å². The molecular formula is C6H9BrO2S. The molecule has 0 aromatic carbocycles. The highest BCUT2D eigenvalue weighted by molar-refractivity contribution is 9.12. The Morgan fingerprint density at radius 3 is 2.80 bits per heavy atom. The molecule has 0 atom stereocenters. The maximum atomic E-state index is 10.8.